The van der Waals surface area contributed by atoms with E-state index < -0.39 is 51.5 Å². The summed E-state index contributed by atoms with van der Waals surface area (Å²) in [7, 11) is 0. The summed E-state index contributed by atoms with van der Waals surface area (Å²) in [5.41, 5.74) is -0.130. The molecule has 0 amide bonds. The molecule has 7 heteroatoms. The Morgan fingerprint density at radius 2 is 1.03 bits per heavy atom. The van der Waals surface area contributed by atoms with Gasteiger partial charge in [0, 0.05) is 21.9 Å². The monoisotopic (exact) mass is 456 g/mol. The number of benzene rings is 5. The first-order valence-corrected chi connectivity index (χ1v) is 9.71. The van der Waals surface area contributed by atoms with Gasteiger partial charge in [-0.1, -0.05) is 42.5 Å². The van der Waals surface area contributed by atoms with Crippen molar-refractivity contribution in [1.29, 1.82) is 0 Å². The quantitative estimate of drug-likeness (QED) is 0.108. The van der Waals surface area contributed by atoms with Gasteiger partial charge in [-0.05, 0) is 46.2 Å². The molecule has 0 aliphatic rings. The van der Waals surface area contributed by atoms with Crippen LogP contribution in [0.5, 0.6) is 0 Å². The highest BCUT2D eigenvalue weighted by atomic mass is 19.2. The fourth-order valence-corrected chi connectivity index (χ4v) is 4.17. The molecule has 0 bridgehead atoms. The Hall–Kier alpha value is -3.87. The maximum atomic E-state index is 15.2. The lowest BCUT2D eigenvalue weighted by Crippen LogP contribution is -2.03. The molecule has 5 rings (SSSR count). The zero-order valence-corrected chi connectivity index (χ0v) is 16.5. The SMILES string of the molecule is Fc1ccc2c(-c3ccccc3)c3c(F)c(F)c(F)c(F)c3c(-c3ccc(F)c(F)c3)c2c1. The summed E-state index contributed by atoms with van der Waals surface area (Å²) in [6.07, 6.45) is 0. The van der Waals surface area contributed by atoms with E-state index in [2.05, 4.69) is 0 Å². The van der Waals surface area contributed by atoms with Gasteiger partial charge in [-0.15, -0.1) is 0 Å². The molecule has 0 saturated heterocycles. The van der Waals surface area contributed by atoms with Gasteiger partial charge in [-0.3, -0.25) is 0 Å². The van der Waals surface area contributed by atoms with Crippen LogP contribution in [0.4, 0.5) is 30.7 Å². The van der Waals surface area contributed by atoms with Crippen LogP contribution in [0.2, 0.25) is 0 Å². The number of hydrogen-bond acceptors (Lipinski definition) is 0. The van der Waals surface area contributed by atoms with Gasteiger partial charge in [-0.2, -0.15) is 0 Å². The minimum absolute atomic E-state index is 0.00207. The van der Waals surface area contributed by atoms with Gasteiger partial charge < -0.3 is 0 Å². The number of rotatable bonds is 2. The van der Waals surface area contributed by atoms with E-state index >= 15 is 8.78 Å². The molecule has 164 valence electrons. The van der Waals surface area contributed by atoms with Crippen molar-refractivity contribution in [3.05, 3.63) is 107 Å². The topological polar surface area (TPSA) is 0 Å². The van der Waals surface area contributed by atoms with Gasteiger partial charge in [0.25, 0.3) is 0 Å². The first-order chi connectivity index (χ1) is 15.8. The fraction of sp³-hybridized carbons (Fsp3) is 0. The van der Waals surface area contributed by atoms with Crippen molar-refractivity contribution in [2.45, 2.75) is 0 Å². The van der Waals surface area contributed by atoms with Gasteiger partial charge in [-0.25, -0.2) is 30.7 Å². The third kappa shape index (κ3) is 3.15. The van der Waals surface area contributed by atoms with Crippen LogP contribution in [0.25, 0.3) is 43.8 Å². The van der Waals surface area contributed by atoms with Crippen molar-refractivity contribution in [2.24, 2.45) is 0 Å². The van der Waals surface area contributed by atoms with Crippen molar-refractivity contribution in [3.8, 4) is 22.3 Å². The molecule has 0 aliphatic carbocycles. The highest BCUT2D eigenvalue weighted by Gasteiger charge is 2.28. The highest BCUT2D eigenvalue weighted by molar-refractivity contribution is 6.21. The van der Waals surface area contributed by atoms with Gasteiger partial charge in [0.05, 0.1) is 0 Å². The molecular weight excluding hydrogens is 445 g/mol. The lowest BCUT2D eigenvalue weighted by atomic mass is 9.85. The van der Waals surface area contributed by atoms with E-state index in [1.54, 1.807) is 30.3 Å². The van der Waals surface area contributed by atoms with Crippen LogP contribution in [0.15, 0.2) is 66.7 Å². The summed E-state index contributed by atoms with van der Waals surface area (Å²) in [5.74, 6) is -10.7. The minimum Gasteiger partial charge on any atom is -0.207 e. The van der Waals surface area contributed by atoms with E-state index in [0.29, 0.717) is 11.6 Å². The normalized spacial score (nSPS) is 11.5. The Balaban J connectivity index is 2.13. The predicted octanol–water partition coefficient (Wildman–Crippen LogP) is 8.30. The van der Waals surface area contributed by atoms with Crippen LogP contribution < -0.4 is 0 Å². The Labute approximate surface area is 182 Å². The van der Waals surface area contributed by atoms with E-state index in [4.69, 9.17) is 0 Å². The molecule has 0 unspecified atom stereocenters. The molecule has 0 saturated carbocycles. The molecule has 0 heterocycles. The van der Waals surface area contributed by atoms with E-state index in [-0.39, 0.29) is 27.5 Å². The number of fused-ring (bicyclic) bond motifs is 2. The molecule has 5 aromatic carbocycles. The van der Waals surface area contributed by atoms with Crippen LogP contribution in [0, 0.1) is 40.7 Å². The standard InChI is InChI=1S/C26H11F7/c27-14-7-8-15-16(11-14)20(13-6-9-17(28)18(29)10-13)22-21(19(15)12-4-2-1-3-5-12)23(30)25(32)26(33)24(22)31/h1-11H. The second kappa shape index (κ2) is 7.62. The molecule has 0 aromatic heterocycles. The van der Waals surface area contributed by atoms with Crippen LogP contribution in [-0.2, 0) is 0 Å². The maximum absolute atomic E-state index is 15.2. The minimum atomic E-state index is -2.07. The average Bonchev–Trinajstić information content (AvgIpc) is 2.82. The zero-order chi connectivity index (χ0) is 23.4. The summed E-state index contributed by atoms with van der Waals surface area (Å²) >= 11 is 0. The van der Waals surface area contributed by atoms with Crippen molar-refractivity contribution in [2.75, 3.05) is 0 Å². The summed E-state index contributed by atoms with van der Waals surface area (Å²) in [4.78, 5) is 0. The van der Waals surface area contributed by atoms with Gasteiger partial charge in [0.2, 0.25) is 0 Å². The lowest BCUT2D eigenvalue weighted by molar-refractivity contribution is 0.418. The van der Waals surface area contributed by atoms with E-state index in [1.807, 2.05) is 0 Å². The Morgan fingerprint density at radius 3 is 1.64 bits per heavy atom. The molecule has 0 spiro atoms. The molecular formula is C26H11F7. The van der Waals surface area contributed by atoms with E-state index in [1.165, 1.54) is 6.07 Å². The zero-order valence-electron chi connectivity index (χ0n) is 16.5. The molecule has 0 atom stereocenters. The van der Waals surface area contributed by atoms with Crippen molar-refractivity contribution in [3.63, 3.8) is 0 Å². The highest BCUT2D eigenvalue weighted by Crippen LogP contribution is 2.46. The summed E-state index contributed by atoms with van der Waals surface area (Å²) in [6, 6.07) is 13.9. The largest absolute Gasteiger partial charge is 0.207 e. The van der Waals surface area contributed by atoms with E-state index in [0.717, 1.165) is 24.3 Å². The molecule has 0 fully saturated rings. The van der Waals surface area contributed by atoms with Crippen molar-refractivity contribution < 1.29 is 30.7 Å². The fourth-order valence-electron chi connectivity index (χ4n) is 4.17. The first kappa shape index (κ1) is 21.0. The van der Waals surface area contributed by atoms with Crippen molar-refractivity contribution in [1.82, 2.24) is 0 Å². The van der Waals surface area contributed by atoms with Crippen LogP contribution >= 0.6 is 0 Å². The Kier molecular flexibility index (Phi) is 4.85. The van der Waals surface area contributed by atoms with Gasteiger partial charge in [0.15, 0.2) is 34.9 Å². The summed E-state index contributed by atoms with van der Waals surface area (Å²) < 4.78 is 101. The van der Waals surface area contributed by atoms with Crippen LogP contribution in [0.1, 0.15) is 0 Å². The summed E-state index contributed by atoms with van der Waals surface area (Å²) in [6.45, 7) is 0. The molecule has 0 nitrogen and oxygen atoms in total. The smallest absolute Gasteiger partial charge is 0.198 e. The average molecular weight is 456 g/mol. The molecule has 33 heavy (non-hydrogen) atoms. The molecule has 0 N–H and O–H groups in total. The third-order valence-corrected chi connectivity index (χ3v) is 5.56. The Bertz CT molecular complexity index is 1570. The summed E-state index contributed by atoms with van der Waals surface area (Å²) in [5, 5.41) is -1.15. The molecule has 0 radical (unpaired) electrons. The lowest BCUT2D eigenvalue weighted by Gasteiger charge is -2.19. The van der Waals surface area contributed by atoms with E-state index in [9.17, 15) is 22.0 Å². The van der Waals surface area contributed by atoms with Crippen molar-refractivity contribution >= 4 is 21.5 Å². The molecule has 0 aliphatic heterocycles. The van der Waals surface area contributed by atoms with Gasteiger partial charge >= 0.3 is 0 Å². The number of hydrogen-bond donors (Lipinski definition) is 0. The maximum Gasteiger partial charge on any atom is 0.198 e. The third-order valence-electron chi connectivity index (χ3n) is 5.56. The predicted molar refractivity (Wildman–Crippen MR) is 112 cm³/mol. The van der Waals surface area contributed by atoms with Crippen LogP contribution in [0.3, 0.4) is 0 Å². The van der Waals surface area contributed by atoms with Gasteiger partial charge in [0.1, 0.15) is 5.82 Å². The molecule has 5 aromatic rings. The number of halogens is 7. The second-order valence-corrected chi connectivity index (χ2v) is 7.44. The Morgan fingerprint density at radius 1 is 0.424 bits per heavy atom. The second-order valence-electron chi connectivity index (χ2n) is 7.44. The van der Waals surface area contributed by atoms with Crippen LogP contribution in [-0.4, -0.2) is 0 Å². The first-order valence-electron chi connectivity index (χ1n) is 9.71.